The number of rotatable bonds is 56. The number of aliphatic hydroxyl groups excluding tert-OH is 2. The molecule has 0 rings (SSSR count). The number of carbonyl (C=O) groups is 2. The van der Waals surface area contributed by atoms with Crippen LogP contribution in [0.5, 0.6) is 0 Å². The van der Waals surface area contributed by atoms with Crippen LogP contribution in [0.3, 0.4) is 0 Å². The number of esters is 1. The summed E-state index contributed by atoms with van der Waals surface area (Å²) in [4.78, 5) is 24.5. The van der Waals surface area contributed by atoms with Gasteiger partial charge in [0.1, 0.15) is 0 Å². The Morgan fingerprint density at radius 2 is 0.712 bits per heavy atom. The van der Waals surface area contributed by atoms with Crippen molar-refractivity contribution >= 4 is 11.9 Å². The summed E-state index contributed by atoms with van der Waals surface area (Å²) in [6.07, 6.45) is 66.3. The molecule has 0 aromatic rings. The Bertz CT molecular complexity index is 986. The topological polar surface area (TPSA) is 95.9 Å². The number of unbranched alkanes of at least 4 members (excludes halogenated alkanes) is 43. The van der Waals surface area contributed by atoms with Crippen LogP contribution in [-0.2, 0) is 14.3 Å². The smallest absolute Gasteiger partial charge is 0.305 e. The summed E-state index contributed by atoms with van der Waals surface area (Å²) in [6, 6.07) is -0.550. The van der Waals surface area contributed by atoms with Gasteiger partial charge in [-0.05, 0) is 51.4 Å². The zero-order chi connectivity index (χ0) is 47.9. The second-order valence-electron chi connectivity index (χ2n) is 20.7. The summed E-state index contributed by atoms with van der Waals surface area (Å²) in [5.41, 5.74) is 0. The van der Waals surface area contributed by atoms with E-state index in [-0.39, 0.29) is 18.5 Å². The summed E-state index contributed by atoms with van der Waals surface area (Å²) in [5, 5.41) is 23.3. The van der Waals surface area contributed by atoms with Crippen molar-refractivity contribution in [3.63, 3.8) is 0 Å². The van der Waals surface area contributed by atoms with Gasteiger partial charge in [0, 0.05) is 12.8 Å². The first-order valence-corrected chi connectivity index (χ1v) is 29.9. The van der Waals surface area contributed by atoms with E-state index in [1.165, 1.54) is 250 Å². The van der Waals surface area contributed by atoms with Crippen LogP contribution in [0.4, 0.5) is 0 Å². The molecule has 0 aromatic heterocycles. The van der Waals surface area contributed by atoms with Crippen LogP contribution in [0.15, 0.2) is 12.2 Å². The van der Waals surface area contributed by atoms with Gasteiger partial charge < -0.3 is 20.3 Å². The van der Waals surface area contributed by atoms with Gasteiger partial charge in [-0.1, -0.05) is 283 Å². The third kappa shape index (κ3) is 52.0. The third-order valence-corrected chi connectivity index (χ3v) is 14.1. The normalized spacial score (nSPS) is 12.6. The van der Waals surface area contributed by atoms with Crippen molar-refractivity contribution in [2.45, 2.75) is 347 Å². The summed E-state index contributed by atoms with van der Waals surface area (Å²) < 4.78 is 5.47. The first kappa shape index (κ1) is 64.6. The molecule has 0 saturated heterocycles. The lowest BCUT2D eigenvalue weighted by Gasteiger charge is -2.22. The maximum absolute atomic E-state index is 12.5. The molecular weight excluding hydrogens is 815 g/mol. The van der Waals surface area contributed by atoms with E-state index in [4.69, 9.17) is 4.74 Å². The van der Waals surface area contributed by atoms with Gasteiger partial charge in [0.25, 0.3) is 0 Å². The van der Waals surface area contributed by atoms with E-state index in [9.17, 15) is 19.8 Å². The minimum Gasteiger partial charge on any atom is -0.466 e. The number of aliphatic hydroxyl groups is 2. The average Bonchev–Trinajstić information content (AvgIpc) is 3.32. The molecule has 392 valence electrons. The Balaban J connectivity index is 3.44. The molecule has 0 heterocycles. The molecule has 1 amide bonds. The lowest BCUT2D eigenvalue weighted by Crippen LogP contribution is -2.45. The van der Waals surface area contributed by atoms with Crippen LogP contribution in [0.2, 0.25) is 0 Å². The van der Waals surface area contributed by atoms with E-state index in [1.54, 1.807) is 0 Å². The fourth-order valence-corrected chi connectivity index (χ4v) is 9.46. The monoisotopic (exact) mass is 932 g/mol. The zero-order valence-electron chi connectivity index (χ0n) is 44.7. The Labute approximate surface area is 412 Å². The highest BCUT2D eigenvalue weighted by atomic mass is 16.5. The van der Waals surface area contributed by atoms with Gasteiger partial charge in [-0.15, -0.1) is 0 Å². The molecule has 66 heavy (non-hydrogen) atoms. The molecule has 0 aliphatic carbocycles. The van der Waals surface area contributed by atoms with E-state index in [0.717, 1.165) is 51.4 Å². The first-order chi connectivity index (χ1) is 32.5. The highest BCUT2D eigenvalue weighted by Crippen LogP contribution is 2.18. The number of carbonyl (C=O) groups excluding carboxylic acids is 2. The zero-order valence-corrected chi connectivity index (χ0v) is 44.7. The average molecular weight is 933 g/mol. The molecule has 2 atom stereocenters. The van der Waals surface area contributed by atoms with Crippen LogP contribution < -0.4 is 5.32 Å². The van der Waals surface area contributed by atoms with Crippen LogP contribution in [0, 0.1) is 0 Å². The van der Waals surface area contributed by atoms with Crippen LogP contribution in [0.25, 0.3) is 0 Å². The molecule has 0 aliphatic heterocycles. The second kappa shape index (κ2) is 56.2. The molecule has 0 aliphatic rings. The molecule has 0 spiro atoms. The van der Waals surface area contributed by atoms with Crippen LogP contribution >= 0.6 is 0 Å². The molecule has 6 heteroatoms. The minimum atomic E-state index is -0.672. The quantitative estimate of drug-likeness (QED) is 0.0321. The maximum atomic E-state index is 12.5. The second-order valence-corrected chi connectivity index (χ2v) is 20.7. The van der Waals surface area contributed by atoms with Gasteiger partial charge in [0.05, 0.1) is 25.4 Å². The highest BCUT2D eigenvalue weighted by molar-refractivity contribution is 5.76. The maximum Gasteiger partial charge on any atom is 0.305 e. The molecule has 0 saturated carbocycles. The van der Waals surface area contributed by atoms with Gasteiger partial charge in [0.2, 0.25) is 5.91 Å². The van der Waals surface area contributed by atoms with Crippen molar-refractivity contribution in [2.24, 2.45) is 0 Å². The predicted molar refractivity (Wildman–Crippen MR) is 287 cm³/mol. The van der Waals surface area contributed by atoms with Crippen molar-refractivity contribution in [1.82, 2.24) is 5.32 Å². The van der Waals surface area contributed by atoms with Gasteiger partial charge in [-0.25, -0.2) is 0 Å². The highest BCUT2D eigenvalue weighted by Gasteiger charge is 2.20. The lowest BCUT2D eigenvalue weighted by atomic mass is 10.0. The van der Waals surface area contributed by atoms with E-state index < -0.39 is 12.1 Å². The minimum absolute atomic E-state index is 0.00123. The molecule has 3 N–H and O–H groups in total. The largest absolute Gasteiger partial charge is 0.466 e. The van der Waals surface area contributed by atoms with Gasteiger partial charge in [-0.3, -0.25) is 9.59 Å². The van der Waals surface area contributed by atoms with Crippen LogP contribution in [-0.4, -0.2) is 47.4 Å². The number of hydrogen-bond acceptors (Lipinski definition) is 5. The summed E-state index contributed by atoms with van der Waals surface area (Å²) >= 11 is 0. The first-order valence-electron chi connectivity index (χ1n) is 29.9. The molecule has 6 nitrogen and oxygen atoms in total. The van der Waals surface area contributed by atoms with Gasteiger partial charge in [-0.2, -0.15) is 0 Å². The number of ether oxygens (including phenoxy) is 1. The Morgan fingerprint density at radius 1 is 0.409 bits per heavy atom. The number of nitrogens with one attached hydrogen (secondary N) is 1. The van der Waals surface area contributed by atoms with Crippen molar-refractivity contribution < 1.29 is 24.5 Å². The molecule has 2 unspecified atom stereocenters. The Hall–Kier alpha value is -1.40. The molecule has 0 aromatic carbocycles. The van der Waals surface area contributed by atoms with Crippen molar-refractivity contribution in [1.29, 1.82) is 0 Å². The van der Waals surface area contributed by atoms with E-state index >= 15 is 0 Å². The van der Waals surface area contributed by atoms with Crippen molar-refractivity contribution in [3.05, 3.63) is 12.2 Å². The van der Waals surface area contributed by atoms with Gasteiger partial charge in [0.15, 0.2) is 0 Å². The molecule has 0 bridgehead atoms. The van der Waals surface area contributed by atoms with E-state index in [0.29, 0.717) is 25.9 Å². The van der Waals surface area contributed by atoms with Crippen molar-refractivity contribution in [3.8, 4) is 0 Å². The summed E-state index contributed by atoms with van der Waals surface area (Å²) in [6.45, 7) is 4.96. The van der Waals surface area contributed by atoms with E-state index in [2.05, 4.69) is 31.3 Å². The number of amides is 1. The SMILES string of the molecule is CCCCCCCCCCCCCCCCCCCCC(O)C(CO)NC(=O)CCCCCCCCC/C=C\CCCCCCCCOC(=O)CCCCCCCCCCCCCCCC. The lowest BCUT2D eigenvalue weighted by molar-refractivity contribution is -0.143. The number of allylic oxidation sites excluding steroid dienone is 2. The van der Waals surface area contributed by atoms with Crippen LogP contribution in [0.1, 0.15) is 335 Å². The van der Waals surface area contributed by atoms with Gasteiger partial charge >= 0.3 is 5.97 Å². The van der Waals surface area contributed by atoms with Crippen molar-refractivity contribution in [2.75, 3.05) is 13.2 Å². The third-order valence-electron chi connectivity index (χ3n) is 14.1. The molecular formula is C60H117NO5. The fraction of sp³-hybridized carbons (Fsp3) is 0.933. The number of hydrogen-bond donors (Lipinski definition) is 3. The molecule has 0 fully saturated rings. The summed E-state index contributed by atoms with van der Waals surface area (Å²) in [5.74, 6) is -0.0427. The van der Waals surface area contributed by atoms with E-state index in [1.807, 2.05) is 0 Å². The standard InChI is InChI=1S/C60H117NO5/c1-3-5-7-9-11-13-15-17-19-20-22-25-28-32-36-40-44-48-52-58(63)57(56-62)61-59(64)53-49-45-41-37-33-29-26-23-21-24-27-31-35-39-43-47-51-55-66-60(65)54-50-46-42-38-34-30-18-16-14-12-10-8-6-4-2/h21,24,57-58,62-63H,3-20,22-23,25-56H2,1-2H3,(H,61,64)/b24-21-. The fourth-order valence-electron chi connectivity index (χ4n) is 9.46. The Kier molecular flexibility index (Phi) is 55.0. The predicted octanol–water partition coefficient (Wildman–Crippen LogP) is 18.5. The molecule has 0 radical (unpaired) electrons. The Morgan fingerprint density at radius 3 is 1.08 bits per heavy atom. The summed E-state index contributed by atoms with van der Waals surface area (Å²) in [7, 11) is 0.